The Morgan fingerprint density at radius 1 is 1.35 bits per heavy atom. The van der Waals surface area contributed by atoms with Crippen LogP contribution in [0.5, 0.6) is 0 Å². The molecule has 0 aromatic carbocycles. The zero-order valence-electron chi connectivity index (χ0n) is 15.1. The van der Waals surface area contributed by atoms with E-state index in [0.717, 1.165) is 38.7 Å². The molecule has 2 aliphatic heterocycles. The van der Waals surface area contributed by atoms with Crippen LogP contribution in [-0.4, -0.2) is 63.7 Å². The lowest BCUT2D eigenvalue weighted by Crippen LogP contribution is -2.54. The standard InChI is InChI=1S/C17H32N4O2/c1-16(2,14(22)18-3)11-20-15(19-4)21-9-5-7-17(12-21)8-6-10-23-13-17/h5-13H2,1-4H3,(H,18,22)(H,19,20). The number of hydrogen-bond donors (Lipinski definition) is 2. The second-order valence-electron chi connectivity index (χ2n) is 7.55. The van der Waals surface area contributed by atoms with Crippen LogP contribution in [0.4, 0.5) is 0 Å². The first-order valence-electron chi connectivity index (χ1n) is 8.68. The van der Waals surface area contributed by atoms with Gasteiger partial charge in [-0.25, -0.2) is 0 Å². The van der Waals surface area contributed by atoms with Crippen LogP contribution < -0.4 is 10.6 Å². The maximum atomic E-state index is 11.9. The van der Waals surface area contributed by atoms with E-state index in [1.165, 1.54) is 19.3 Å². The van der Waals surface area contributed by atoms with E-state index in [2.05, 4.69) is 20.5 Å². The number of aliphatic imine (C=N–C) groups is 1. The fraction of sp³-hybridized carbons (Fsp3) is 0.882. The SMILES string of the molecule is CN=C(NCC(C)(C)C(=O)NC)N1CCCC2(CCCOC2)C1. The van der Waals surface area contributed by atoms with Crippen molar-refractivity contribution < 1.29 is 9.53 Å². The van der Waals surface area contributed by atoms with Crippen molar-refractivity contribution in [3.8, 4) is 0 Å². The molecular formula is C17H32N4O2. The second-order valence-corrected chi connectivity index (χ2v) is 7.55. The number of carbonyl (C=O) groups is 1. The molecule has 2 heterocycles. The Labute approximate surface area is 140 Å². The molecular weight excluding hydrogens is 292 g/mol. The summed E-state index contributed by atoms with van der Waals surface area (Å²) in [5.41, 5.74) is -0.184. The Hall–Kier alpha value is -1.30. The van der Waals surface area contributed by atoms with Crippen molar-refractivity contribution in [1.82, 2.24) is 15.5 Å². The van der Waals surface area contributed by atoms with Gasteiger partial charge in [-0.05, 0) is 39.5 Å². The van der Waals surface area contributed by atoms with Crippen LogP contribution in [0.25, 0.3) is 0 Å². The molecule has 2 rings (SSSR count). The largest absolute Gasteiger partial charge is 0.381 e. The molecule has 1 spiro atoms. The topological polar surface area (TPSA) is 66.0 Å². The van der Waals surface area contributed by atoms with Crippen LogP contribution in [0, 0.1) is 10.8 Å². The number of rotatable bonds is 3. The molecule has 132 valence electrons. The van der Waals surface area contributed by atoms with Gasteiger partial charge in [0.05, 0.1) is 12.0 Å². The van der Waals surface area contributed by atoms with E-state index in [1.54, 1.807) is 7.05 Å². The van der Waals surface area contributed by atoms with E-state index in [-0.39, 0.29) is 11.3 Å². The smallest absolute Gasteiger partial charge is 0.227 e. The second kappa shape index (κ2) is 7.51. The summed E-state index contributed by atoms with van der Waals surface area (Å²) in [6.07, 6.45) is 4.81. The minimum atomic E-state index is -0.466. The van der Waals surface area contributed by atoms with Crippen LogP contribution >= 0.6 is 0 Å². The van der Waals surface area contributed by atoms with Gasteiger partial charge < -0.3 is 20.3 Å². The highest BCUT2D eigenvalue weighted by atomic mass is 16.5. The molecule has 1 amide bonds. The number of guanidine groups is 1. The predicted molar refractivity (Wildman–Crippen MR) is 92.5 cm³/mol. The van der Waals surface area contributed by atoms with Gasteiger partial charge >= 0.3 is 0 Å². The Kier molecular flexibility index (Phi) is 5.89. The highest BCUT2D eigenvalue weighted by molar-refractivity contribution is 5.84. The van der Waals surface area contributed by atoms with Gasteiger partial charge in [0, 0.05) is 45.8 Å². The van der Waals surface area contributed by atoms with Crippen molar-refractivity contribution in [1.29, 1.82) is 0 Å². The van der Waals surface area contributed by atoms with Crippen molar-refractivity contribution in [3.05, 3.63) is 0 Å². The minimum absolute atomic E-state index is 0.0382. The monoisotopic (exact) mass is 324 g/mol. The summed E-state index contributed by atoms with van der Waals surface area (Å²) in [6.45, 7) is 8.23. The van der Waals surface area contributed by atoms with Gasteiger partial charge in [0.1, 0.15) is 0 Å². The summed E-state index contributed by atoms with van der Waals surface area (Å²) in [5, 5.41) is 6.12. The van der Waals surface area contributed by atoms with Crippen molar-refractivity contribution in [3.63, 3.8) is 0 Å². The number of carbonyl (C=O) groups excluding carboxylic acids is 1. The fourth-order valence-corrected chi connectivity index (χ4v) is 3.67. The third-order valence-electron chi connectivity index (χ3n) is 5.11. The lowest BCUT2D eigenvalue weighted by Gasteiger charge is -2.46. The first kappa shape index (κ1) is 18.0. The van der Waals surface area contributed by atoms with Crippen molar-refractivity contribution >= 4 is 11.9 Å². The minimum Gasteiger partial charge on any atom is -0.381 e. The molecule has 0 aliphatic carbocycles. The molecule has 6 nitrogen and oxygen atoms in total. The van der Waals surface area contributed by atoms with E-state index in [1.807, 2.05) is 20.9 Å². The van der Waals surface area contributed by atoms with Crippen LogP contribution in [0.1, 0.15) is 39.5 Å². The molecule has 0 saturated carbocycles. The molecule has 1 unspecified atom stereocenters. The first-order chi connectivity index (χ1) is 10.9. The molecule has 23 heavy (non-hydrogen) atoms. The summed E-state index contributed by atoms with van der Waals surface area (Å²) in [7, 11) is 3.49. The summed E-state index contributed by atoms with van der Waals surface area (Å²) >= 11 is 0. The maximum Gasteiger partial charge on any atom is 0.227 e. The van der Waals surface area contributed by atoms with Crippen molar-refractivity contribution in [2.24, 2.45) is 15.8 Å². The van der Waals surface area contributed by atoms with Crippen LogP contribution in [-0.2, 0) is 9.53 Å². The fourth-order valence-electron chi connectivity index (χ4n) is 3.67. The van der Waals surface area contributed by atoms with Gasteiger partial charge in [0.2, 0.25) is 5.91 Å². The number of likely N-dealkylation sites (tertiary alicyclic amines) is 1. The van der Waals surface area contributed by atoms with E-state index in [4.69, 9.17) is 4.74 Å². The highest BCUT2D eigenvalue weighted by Gasteiger charge is 2.38. The maximum absolute atomic E-state index is 11.9. The summed E-state index contributed by atoms with van der Waals surface area (Å²) in [6, 6.07) is 0. The van der Waals surface area contributed by atoms with E-state index in [9.17, 15) is 4.79 Å². The van der Waals surface area contributed by atoms with E-state index in [0.29, 0.717) is 6.54 Å². The molecule has 2 N–H and O–H groups in total. The number of nitrogens with one attached hydrogen (secondary N) is 2. The predicted octanol–water partition coefficient (Wildman–Crippen LogP) is 1.23. The average Bonchev–Trinajstić information content (AvgIpc) is 2.55. The molecule has 0 aromatic heterocycles. The first-order valence-corrected chi connectivity index (χ1v) is 8.68. The van der Waals surface area contributed by atoms with Crippen molar-refractivity contribution in [2.45, 2.75) is 39.5 Å². The third kappa shape index (κ3) is 4.37. The van der Waals surface area contributed by atoms with Gasteiger partial charge in [-0.2, -0.15) is 0 Å². The summed E-state index contributed by atoms with van der Waals surface area (Å²) < 4.78 is 5.74. The average molecular weight is 324 g/mol. The quantitative estimate of drug-likeness (QED) is 0.605. The van der Waals surface area contributed by atoms with Crippen molar-refractivity contribution in [2.75, 3.05) is 46.9 Å². The number of hydrogen-bond acceptors (Lipinski definition) is 3. The molecule has 2 fully saturated rings. The number of ether oxygens (including phenoxy) is 1. The van der Waals surface area contributed by atoms with Gasteiger partial charge in [0.15, 0.2) is 5.96 Å². The lowest BCUT2D eigenvalue weighted by molar-refractivity contribution is -0.128. The third-order valence-corrected chi connectivity index (χ3v) is 5.11. The van der Waals surface area contributed by atoms with Gasteiger partial charge in [-0.15, -0.1) is 0 Å². The summed E-state index contributed by atoms with van der Waals surface area (Å²) in [4.78, 5) is 18.7. The molecule has 0 bridgehead atoms. The normalized spacial score (nSPS) is 26.3. The zero-order chi connectivity index (χ0) is 16.9. The molecule has 2 saturated heterocycles. The lowest BCUT2D eigenvalue weighted by atomic mass is 9.76. The molecule has 2 aliphatic rings. The Balaban J connectivity index is 1.96. The Morgan fingerprint density at radius 2 is 2.09 bits per heavy atom. The highest BCUT2D eigenvalue weighted by Crippen LogP contribution is 2.37. The number of amides is 1. The zero-order valence-corrected chi connectivity index (χ0v) is 15.1. The van der Waals surface area contributed by atoms with Crippen LogP contribution in [0.2, 0.25) is 0 Å². The number of nitrogens with zero attached hydrogens (tertiary/aromatic N) is 2. The van der Waals surface area contributed by atoms with Crippen LogP contribution in [0.15, 0.2) is 4.99 Å². The molecule has 0 radical (unpaired) electrons. The summed E-state index contributed by atoms with van der Waals surface area (Å²) in [5.74, 6) is 0.933. The molecule has 1 atom stereocenters. The van der Waals surface area contributed by atoms with Gasteiger partial charge in [-0.1, -0.05) is 0 Å². The number of piperidine rings is 1. The Bertz CT molecular complexity index is 436. The van der Waals surface area contributed by atoms with E-state index >= 15 is 0 Å². The van der Waals surface area contributed by atoms with Gasteiger partial charge in [0.25, 0.3) is 0 Å². The van der Waals surface area contributed by atoms with Gasteiger partial charge in [-0.3, -0.25) is 9.79 Å². The molecule has 6 heteroatoms. The Morgan fingerprint density at radius 3 is 2.70 bits per heavy atom. The molecule has 0 aromatic rings. The van der Waals surface area contributed by atoms with E-state index < -0.39 is 5.41 Å². The van der Waals surface area contributed by atoms with Crippen LogP contribution in [0.3, 0.4) is 0 Å².